The lowest BCUT2D eigenvalue weighted by Gasteiger charge is -2.08. The zero-order valence-electron chi connectivity index (χ0n) is 14.1. The molecule has 0 unspecified atom stereocenters. The SMILES string of the molecule is Cc1ccc(CNC(=O)c2ccnc(NCc3ccccc3)n2)cc1. The first-order chi connectivity index (χ1) is 12.2. The number of hydrogen-bond acceptors (Lipinski definition) is 4. The normalized spacial score (nSPS) is 10.3. The first-order valence-electron chi connectivity index (χ1n) is 8.15. The second-order valence-electron chi connectivity index (χ2n) is 5.77. The second kappa shape index (κ2) is 8.06. The number of rotatable bonds is 6. The molecule has 25 heavy (non-hydrogen) atoms. The summed E-state index contributed by atoms with van der Waals surface area (Å²) in [6.07, 6.45) is 1.58. The fourth-order valence-electron chi connectivity index (χ4n) is 2.33. The molecule has 5 nitrogen and oxygen atoms in total. The van der Waals surface area contributed by atoms with Crippen molar-refractivity contribution in [3.8, 4) is 0 Å². The summed E-state index contributed by atoms with van der Waals surface area (Å²) in [5.74, 6) is 0.220. The average Bonchev–Trinajstić information content (AvgIpc) is 2.67. The highest BCUT2D eigenvalue weighted by Crippen LogP contribution is 2.06. The second-order valence-corrected chi connectivity index (χ2v) is 5.77. The van der Waals surface area contributed by atoms with Gasteiger partial charge < -0.3 is 10.6 Å². The zero-order chi connectivity index (χ0) is 17.5. The molecule has 126 valence electrons. The predicted molar refractivity (Wildman–Crippen MR) is 98.1 cm³/mol. The number of nitrogens with zero attached hydrogens (tertiary/aromatic N) is 2. The molecule has 5 heteroatoms. The third kappa shape index (κ3) is 4.88. The molecule has 2 N–H and O–H groups in total. The lowest BCUT2D eigenvalue weighted by molar-refractivity contribution is 0.0946. The molecule has 0 spiro atoms. The number of nitrogens with one attached hydrogen (secondary N) is 2. The first kappa shape index (κ1) is 16.6. The number of aromatic nitrogens is 2. The molecule has 0 aliphatic heterocycles. The van der Waals surface area contributed by atoms with Gasteiger partial charge in [0, 0.05) is 19.3 Å². The van der Waals surface area contributed by atoms with E-state index in [1.54, 1.807) is 12.3 Å². The van der Waals surface area contributed by atoms with Crippen molar-refractivity contribution in [3.05, 3.63) is 89.2 Å². The van der Waals surface area contributed by atoms with Gasteiger partial charge >= 0.3 is 0 Å². The Morgan fingerprint density at radius 3 is 2.40 bits per heavy atom. The summed E-state index contributed by atoms with van der Waals surface area (Å²) in [5.41, 5.74) is 3.72. The van der Waals surface area contributed by atoms with Gasteiger partial charge in [-0.2, -0.15) is 0 Å². The predicted octanol–water partition coefficient (Wildman–Crippen LogP) is 3.33. The van der Waals surface area contributed by atoms with Crippen LogP contribution in [0, 0.1) is 6.92 Å². The zero-order valence-corrected chi connectivity index (χ0v) is 14.1. The molecule has 3 aromatic rings. The van der Waals surface area contributed by atoms with Crippen molar-refractivity contribution < 1.29 is 4.79 Å². The first-order valence-corrected chi connectivity index (χ1v) is 8.15. The molecule has 1 heterocycles. The van der Waals surface area contributed by atoms with Gasteiger partial charge in [0.1, 0.15) is 5.69 Å². The van der Waals surface area contributed by atoms with E-state index in [0.29, 0.717) is 24.7 Å². The molecule has 0 fully saturated rings. The van der Waals surface area contributed by atoms with Crippen molar-refractivity contribution >= 4 is 11.9 Å². The van der Waals surface area contributed by atoms with Crippen molar-refractivity contribution in [2.24, 2.45) is 0 Å². The maximum atomic E-state index is 12.3. The van der Waals surface area contributed by atoms with Crippen LogP contribution in [0.3, 0.4) is 0 Å². The molecule has 0 saturated heterocycles. The number of carbonyl (C=O) groups is 1. The average molecular weight is 332 g/mol. The third-order valence-electron chi connectivity index (χ3n) is 3.76. The van der Waals surface area contributed by atoms with Gasteiger partial charge in [0.15, 0.2) is 0 Å². The van der Waals surface area contributed by atoms with Crippen LogP contribution in [-0.2, 0) is 13.1 Å². The molecule has 0 aliphatic rings. The largest absolute Gasteiger partial charge is 0.350 e. The highest BCUT2D eigenvalue weighted by atomic mass is 16.1. The number of carbonyl (C=O) groups excluding carboxylic acids is 1. The van der Waals surface area contributed by atoms with Gasteiger partial charge in [0.2, 0.25) is 5.95 Å². The van der Waals surface area contributed by atoms with Crippen LogP contribution in [0.25, 0.3) is 0 Å². The fourth-order valence-corrected chi connectivity index (χ4v) is 2.33. The van der Waals surface area contributed by atoms with Crippen molar-refractivity contribution in [2.45, 2.75) is 20.0 Å². The lowest BCUT2D eigenvalue weighted by Crippen LogP contribution is -2.24. The van der Waals surface area contributed by atoms with Crippen molar-refractivity contribution in [1.29, 1.82) is 0 Å². The third-order valence-corrected chi connectivity index (χ3v) is 3.76. The molecule has 0 bridgehead atoms. The Hall–Kier alpha value is -3.21. The van der Waals surface area contributed by atoms with Gasteiger partial charge in [-0.05, 0) is 24.1 Å². The summed E-state index contributed by atoms with van der Waals surface area (Å²) in [6.45, 7) is 3.11. The highest BCUT2D eigenvalue weighted by Gasteiger charge is 2.08. The summed E-state index contributed by atoms with van der Waals surface area (Å²) in [4.78, 5) is 20.7. The Morgan fingerprint density at radius 1 is 0.920 bits per heavy atom. The van der Waals surface area contributed by atoms with Gasteiger partial charge in [-0.1, -0.05) is 60.2 Å². The van der Waals surface area contributed by atoms with Crippen LogP contribution in [0.1, 0.15) is 27.2 Å². The molecule has 1 aromatic heterocycles. The molecule has 2 aromatic carbocycles. The van der Waals surface area contributed by atoms with Gasteiger partial charge in [-0.3, -0.25) is 4.79 Å². The minimum atomic E-state index is -0.217. The van der Waals surface area contributed by atoms with E-state index in [0.717, 1.165) is 11.1 Å². The van der Waals surface area contributed by atoms with Crippen LogP contribution in [0.15, 0.2) is 66.9 Å². The number of anilines is 1. The Kier molecular flexibility index (Phi) is 5.36. The van der Waals surface area contributed by atoms with Crippen molar-refractivity contribution in [1.82, 2.24) is 15.3 Å². The Morgan fingerprint density at radius 2 is 1.64 bits per heavy atom. The fraction of sp³-hybridized carbons (Fsp3) is 0.150. The van der Waals surface area contributed by atoms with E-state index in [2.05, 4.69) is 20.6 Å². The van der Waals surface area contributed by atoms with Crippen molar-refractivity contribution in [3.63, 3.8) is 0 Å². The van der Waals surface area contributed by atoms with E-state index in [-0.39, 0.29) is 5.91 Å². The van der Waals surface area contributed by atoms with Gasteiger partial charge in [-0.25, -0.2) is 9.97 Å². The number of benzene rings is 2. The van der Waals surface area contributed by atoms with Gasteiger partial charge in [-0.15, -0.1) is 0 Å². The molecule has 1 amide bonds. The van der Waals surface area contributed by atoms with Crippen LogP contribution in [0.5, 0.6) is 0 Å². The van der Waals surface area contributed by atoms with Gasteiger partial charge in [0.05, 0.1) is 0 Å². The standard InChI is InChI=1S/C20H20N4O/c1-15-7-9-17(10-8-15)13-22-19(25)18-11-12-21-20(24-18)23-14-16-5-3-2-4-6-16/h2-12H,13-14H2,1H3,(H,22,25)(H,21,23,24). The van der Waals surface area contributed by atoms with E-state index in [9.17, 15) is 4.79 Å². The quantitative estimate of drug-likeness (QED) is 0.726. The Labute approximate surface area is 147 Å². The van der Waals surface area contributed by atoms with E-state index in [1.807, 2.05) is 61.5 Å². The van der Waals surface area contributed by atoms with Crippen LogP contribution in [0.2, 0.25) is 0 Å². The van der Waals surface area contributed by atoms with E-state index in [1.165, 1.54) is 5.56 Å². The number of hydrogen-bond donors (Lipinski definition) is 2. The van der Waals surface area contributed by atoms with Gasteiger partial charge in [0.25, 0.3) is 5.91 Å². The monoisotopic (exact) mass is 332 g/mol. The topological polar surface area (TPSA) is 66.9 Å². The van der Waals surface area contributed by atoms with E-state index < -0.39 is 0 Å². The molecular weight excluding hydrogens is 312 g/mol. The molecule has 0 radical (unpaired) electrons. The maximum absolute atomic E-state index is 12.3. The molecular formula is C20H20N4O. The maximum Gasteiger partial charge on any atom is 0.270 e. The van der Waals surface area contributed by atoms with E-state index >= 15 is 0 Å². The summed E-state index contributed by atoms with van der Waals surface area (Å²) in [5, 5.41) is 6.01. The van der Waals surface area contributed by atoms with E-state index in [4.69, 9.17) is 0 Å². The summed E-state index contributed by atoms with van der Waals surface area (Å²) < 4.78 is 0. The molecule has 3 rings (SSSR count). The molecule has 0 saturated carbocycles. The highest BCUT2D eigenvalue weighted by molar-refractivity contribution is 5.92. The lowest BCUT2D eigenvalue weighted by atomic mass is 10.1. The Balaban J connectivity index is 1.58. The minimum absolute atomic E-state index is 0.217. The van der Waals surface area contributed by atoms with Crippen molar-refractivity contribution in [2.75, 3.05) is 5.32 Å². The number of amides is 1. The van der Waals surface area contributed by atoms with Crippen LogP contribution in [0.4, 0.5) is 5.95 Å². The Bertz CT molecular complexity index is 832. The summed E-state index contributed by atoms with van der Waals surface area (Å²) >= 11 is 0. The van der Waals surface area contributed by atoms with Crippen LogP contribution < -0.4 is 10.6 Å². The molecule has 0 atom stereocenters. The minimum Gasteiger partial charge on any atom is -0.350 e. The van der Waals surface area contributed by atoms with Crippen LogP contribution >= 0.6 is 0 Å². The summed E-state index contributed by atoms with van der Waals surface area (Å²) in [6, 6.07) is 19.6. The molecule has 0 aliphatic carbocycles. The summed E-state index contributed by atoms with van der Waals surface area (Å²) in [7, 11) is 0. The van der Waals surface area contributed by atoms with Crippen LogP contribution in [-0.4, -0.2) is 15.9 Å². The smallest absolute Gasteiger partial charge is 0.270 e. The number of aryl methyl sites for hydroxylation is 1.